The van der Waals surface area contributed by atoms with Gasteiger partial charge in [-0.15, -0.1) is 0 Å². The molecular formula is C16H19N3S. The zero-order valence-corrected chi connectivity index (χ0v) is 12.8. The highest BCUT2D eigenvalue weighted by molar-refractivity contribution is 7.80. The van der Waals surface area contributed by atoms with Crippen LogP contribution in [0.2, 0.25) is 0 Å². The van der Waals surface area contributed by atoms with E-state index in [0.717, 1.165) is 28.2 Å². The van der Waals surface area contributed by atoms with Crippen molar-refractivity contribution >= 4 is 34.3 Å². The zero-order chi connectivity index (χ0) is 14.7. The molecule has 104 valence electrons. The summed E-state index contributed by atoms with van der Waals surface area (Å²) in [6.07, 6.45) is 0. The summed E-state index contributed by atoms with van der Waals surface area (Å²) in [7, 11) is 4.04. The van der Waals surface area contributed by atoms with E-state index >= 15 is 0 Å². The number of benzene rings is 2. The van der Waals surface area contributed by atoms with Gasteiger partial charge in [-0.2, -0.15) is 0 Å². The molecule has 2 rings (SSSR count). The molecule has 3 nitrogen and oxygen atoms in total. The molecule has 0 heterocycles. The third kappa shape index (κ3) is 3.27. The molecule has 0 aliphatic heterocycles. The lowest BCUT2D eigenvalue weighted by molar-refractivity contribution is 1.13. The van der Waals surface area contributed by atoms with Gasteiger partial charge < -0.3 is 16.0 Å². The highest BCUT2D eigenvalue weighted by Crippen LogP contribution is 2.24. The van der Waals surface area contributed by atoms with E-state index in [1.165, 1.54) is 0 Å². The molecule has 2 aromatic carbocycles. The fourth-order valence-corrected chi connectivity index (χ4v) is 2.14. The summed E-state index contributed by atoms with van der Waals surface area (Å²) in [6.45, 7) is 2.03. The highest BCUT2D eigenvalue weighted by Gasteiger charge is 2.06. The lowest BCUT2D eigenvalue weighted by Gasteiger charge is -2.15. The molecule has 0 atom stereocenters. The fraction of sp³-hybridized carbons (Fsp3) is 0.188. The monoisotopic (exact) mass is 285 g/mol. The Morgan fingerprint density at radius 1 is 1.10 bits per heavy atom. The van der Waals surface area contributed by atoms with Gasteiger partial charge in [-0.1, -0.05) is 23.8 Å². The second-order valence-electron chi connectivity index (χ2n) is 4.98. The van der Waals surface area contributed by atoms with Gasteiger partial charge in [-0.3, -0.25) is 0 Å². The molecule has 3 N–H and O–H groups in total. The van der Waals surface area contributed by atoms with Gasteiger partial charge in [0, 0.05) is 36.7 Å². The van der Waals surface area contributed by atoms with Crippen LogP contribution >= 0.6 is 12.2 Å². The molecule has 0 unspecified atom stereocenters. The van der Waals surface area contributed by atoms with E-state index in [4.69, 9.17) is 18.0 Å². The summed E-state index contributed by atoms with van der Waals surface area (Å²) >= 11 is 5.11. The lowest BCUT2D eigenvalue weighted by Crippen LogP contribution is -2.12. The quantitative estimate of drug-likeness (QED) is 0.844. The number of nitrogens with one attached hydrogen (secondary N) is 1. The Labute approximate surface area is 125 Å². The van der Waals surface area contributed by atoms with Gasteiger partial charge in [0.05, 0.1) is 0 Å². The topological polar surface area (TPSA) is 41.3 Å². The van der Waals surface area contributed by atoms with Crippen LogP contribution in [0.15, 0.2) is 42.5 Å². The Morgan fingerprint density at radius 2 is 1.75 bits per heavy atom. The Balaban J connectivity index is 2.28. The van der Waals surface area contributed by atoms with Gasteiger partial charge in [0.25, 0.3) is 0 Å². The average molecular weight is 285 g/mol. The van der Waals surface area contributed by atoms with Gasteiger partial charge in [-0.05, 0) is 43.3 Å². The SMILES string of the molecule is Cc1ccc(Nc2ccc(N(C)C)cc2)c(C(N)=S)c1. The predicted molar refractivity (Wildman–Crippen MR) is 91.1 cm³/mol. The van der Waals surface area contributed by atoms with Crippen LogP contribution in [0, 0.1) is 6.92 Å². The number of nitrogens with zero attached hydrogens (tertiary/aromatic N) is 1. The lowest BCUT2D eigenvalue weighted by atomic mass is 10.1. The van der Waals surface area contributed by atoms with Gasteiger partial charge in [0.1, 0.15) is 4.99 Å². The largest absolute Gasteiger partial charge is 0.389 e. The van der Waals surface area contributed by atoms with E-state index in [1.807, 2.05) is 51.4 Å². The molecule has 0 bridgehead atoms. The maximum atomic E-state index is 5.79. The fourth-order valence-electron chi connectivity index (χ4n) is 1.97. The molecular weight excluding hydrogens is 266 g/mol. The van der Waals surface area contributed by atoms with Crippen molar-refractivity contribution in [2.45, 2.75) is 6.92 Å². The van der Waals surface area contributed by atoms with Crippen molar-refractivity contribution in [3.8, 4) is 0 Å². The molecule has 0 fully saturated rings. The zero-order valence-electron chi connectivity index (χ0n) is 12.0. The van der Waals surface area contributed by atoms with Crippen molar-refractivity contribution in [2.75, 3.05) is 24.3 Å². The van der Waals surface area contributed by atoms with Crippen LogP contribution in [-0.4, -0.2) is 19.1 Å². The molecule has 0 aliphatic carbocycles. The molecule has 0 saturated carbocycles. The van der Waals surface area contributed by atoms with E-state index in [9.17, 15) is 0 Å². The third-order valence-corrected chi connectivity index (χ3v) is 3.32. The number of nitrogens with two attached hydrogens (primary N) is 1. The van der Waals surface area contributed by atoms with E-state index < -0.39 is 0 Å². The number of hydrogen-bond donors (Lipinski definition) is 2. The molecule has 0 aromatic heterocycles. The van der Waals surface area contributed by atoms with Crippen LogP contribution in [-0.2, 0) is 0 Å². The molecule has 0 spiro atoms. The van der Waals surface area contributed by atoms with Crippen LogP contribution in [0.3, 0.4) is 0 Å². The number of rotatable bonds is 4. The number of hydrogen-bond acceptors (Lipinski definition) is 3. The van der Waals surface area contributed by atoms with Crippen LogP contribution < -0.4 is 16.0 Å². The smallest absolute Gasteiger partial charge is 0.106 e. The summed E-state index contributed by atoms with van der Waals surface area (Å²) in [5, 5.41) is 3.36. The Hall–Kier alpha value is -2.07. The van der Waals surface area contributed by atoms with Crippen LogP contribution in [0.5, 0.6) is 0 Å². The van der Waals surface area contributed by atoms with Gasteiger partial charge in [-0.25, -0.2) is 0 Å². The minimum atomic E-state index is 0.404. The highest BCUT2D eigenvalue weighted by atomic mass is 32.1. The third-order valence-electron chi connectivity index (χ3n) is 3.10. The number of anilines is 3. The summed E-state index contributed by atoms with van der Waals surface area (Å²) in [6, 6.07) is 14.3. The van der Waals surface area contributed by atoms with Crippen LogP contribution in [0.25, 0.3) is 0 Å². The molecule has 0 amide bonds. The van der Waals surface area contributed by atoms with Gasteiger partial charge >= 0.3 is 0 Å². The van der Waals surface area contributed by atoms with Crippen molar-refractivity contribution < 1.29 is 0 Å². The van der Waals surface area contributed by atoms with Crippen LogP contribution in [0.4, 0.5) is 17.1 Å². The first kappa shape index (κ1) is 14.3. The minimum absolute atomic E-state index is 0.404. The molecule has 4 heteroatoms. The predicted octanol–water partition coefficient (Wildman–Crippen LogP) is 3.44. The van der Waals surface area contributed by atoms with Gasteiger partial charge in [0.15, 0.2) is 0 Å². The Morgan fingerprint density at radius 3 is 2.30 bits per heavy atom. The summed E-state index contributed by atoms with van der Waals surface area (Å²) in [5.41, 5.74) is 10.9. The summed E-state index contributed by atoms with van der Waals surface area (Å²) < 4.78 is 0. The number of thiocarbonyl (C=S) groups is 1. The standard InChI is InChI=1S/C16H19N3S/c1-11-4-9-15(14(10-11)16(17)20)18-12-5-7-13(8-6-12)19(2)3/h4-10,18H,1-3H3,(H2,17,20). The van der Waals surface area contributed by atoms with Crippen molar-refractivity contribution in [1.82, 2.24) is 0 Å². The van der Waals surface area contributed by atoms with Crippen molar-refractivity contribution in [3.05, 3.63) is 53.6 Å². The average Bonchev–Trinajstić information content (AvgIpc) is 2.41. The molecule has 2 aromatic rings. The van der Waals surface area contributed by atoms with E-state index in [1.54, 1.807) is 0 Å². The van der Waals surface area contributed by atoms with E-state index in [0.29, 0.717) is 4.99 Å². The second-order valence-corrected chi connectivity index (χ2v) is 5.42. The normalized spacial score (nSPS) is 10.2. The first-order valence-corrected chi connectivity index (χ1v) is 6.83. The maximum Gasteiger partial charge on any atom is 0.106 e. The van der Waals surface area contributed by atoms with Crippen LogP contribution in [0.1, 0.15) is 11.1 Å². The van der Waals surface area contributed by atoms with E-state index in [-0.39, 0.29) is 0 Å². The van der Waals surface area contributed by atoms with Crippen molar-refractivity contribution in [3.63, 3.8) is 0 Å². The number of aryl methyl sites for hydroxylation is 1. The molecule has 20 heavy (non-hydrogen) atoms. The minimum Gasteiger partial charge on any atom is -0.389 e. The Bertz CT molecular complexity index is 618. The maximum absolute atomic E-state index is 5.79. The van der Waals surface area contributed by atoms with E-state index in [2.05, 4.69) is 22.3 Å². The van der Waals surface area contributed by atoms with Crippen molar-refractivity contribution in [1.29, 1.82) is 0 Å². The second kappa shape index (κ2) is 5.92. The first-order chi connectivity index (χ1) is 9.47. The van der Waals surface area contributed by atoms with Crippen molar-refractivity contribution in [2.24, 2.45) is 5.73 Å². The Kier molecular flexibility index (Phi) is 4.25. The molecule has 0 saturated heterocycles. The summed E-state index contributed by atoms with van der Waals surface area (Å²) in [4.78, 5) is 2.47. The first-order valence-electron chi connectivity index (χ1n) is 6.42. The summed E-state index contributed by atoms with van der Waals surface area (Å²) in [5.74, 6) is 0. The van der Waals surface area contributed by atoms with Gasteiger partial charge in [0.2, 0.25) is 0 Å². The molecule has 0 radical (unpaired) electrons. The molecule has 0 aliphatic rings.